The van der Waals surface area contributed by atoms with Gasteiger partial charge in [-0.2, -0.15) is 0 Å². The van der Waals surface area contributed by atoms with Crippen LogP contribution in [0.25, 0.3) is 21.5 Å². The van der Waals surface area contributed by atoms with Crippen LogP contribution in [0.15, 0.2) is 54.9 Å². The van der Waals surface area contributed by atoms with Gasteiger partial charge in [0, 0.05) is 38.8 Å². The first-order chi connectivity index (χ1) is 13.0. The Kier molecular flexibility index (Phi) is 4.59. The summed E-state index contributed by atoms with van der Waals surface area (Å²) in [4.78, 5) is 20.7. The van der Waals surface area contributed by atoms with Crippen molar-refractivity contribution in [1.29, 1.82) is 0 Å². The summed E-state index contributed by atoms with van der Waals surface area (Å²) < 4.78 is 6.06. The van der Waals surface area contributed by atoms with E-state index in [0.29, 0.717) is 15.6 Å². The van der Waals surface area contributed by atoms with E-state index in [0.717, 1.165) is 27.0 Å². The van der Waals surface area contributed by atoms with Crippen LogP contribution in [0, 0.1) is 0 Å². The molecule has 0 aliphatic rings. The number of rotatable bonds is 5. The summed E-state index contributed by atoms with van der Waals surface area (Å²) in [6, 6.07) is 13.2. The maximum Gasteiger partial charge on any atom is 0.262 e. The fraction of sp³-hybridized carbons (Fsp3) is 0.100. The fourth-order valence-electron chi connectivity index (χ4n) is 2.98. The molecule has 0 spiro atoms. The average molecular weight is 398 g/mol. The average Bonchev–Trinajstić information content (AvgIpc) is 3.26. The zero-order valence-corrected chi connectivity index (χ0v) is 16.0. The van der Waals surface area contributed by atoms with E-state index >= 15 is 0 Å². The Morgan fingerprint density at radius 2 is 2.11 bits per heavy atom. The molecule has 5 nitrogen and oxygen atoms in total. The maximum absolute atomic E-state index is 12.0. The number of nitrogens with two attached hydrogens (primary N) is 1. The number of H-pyrrole nitrogens is 1. The molecule has 1 atom stereocenters. The standard InChI is InChI=1S/C20H16ClN3O2S/c1-11(12-5-2-3-7-15(12)21)26-16-9-17(27-18(16)19(22)25)14-10-24-20-13(14)6-4-8-23-20/h2-11H,1H3,(H2,22,25)(H,23,24). The lowest BCUT2D eigenvalue weighted by molar-refractivity contribution is 0.0998. The number of hydrogen-bond acceptors (Lipinski definition) is 4. The molecule has 27 heavy (non-hydrogen) atoms. The highest BCUT2D eigenvalue weighted by atomic mass is 35.5. The number of benzene rings is 1. The van der Waals surface area contributed by atoms with Gasteiger partial charge in [-0.25, -0.2) is 4.98 Å². The van der Waals surface area contributed by atoms with Crippen molar-refractivity contribution in [3.8, 4) is 16.2 Å². The van der Waals surface area contributed by atoms with Gasteiger partial charge in [0.1, 0.15) is 22.4 Å². The number of fused-ring (bicyclic) bond motifs is 1. The maximum atomic E-state index is 12.0. The fourth-order valence-corrected chi connectivity index (χ4v) is 4.25. The van der Waals surface area contributed by atoms with Crippen molar-refractivity contribution in [2.45, 2.75) is 13.0 Å². The Bertz CT molecular complexity index is 1140. The molecule has 1 unspecified atom stereocenters. The first-order valence-corrected chi connectivity index (χ1v) is 9.51. The quantitative estimate of drug-likeness (QED) is 0.486. The number of pyridine rings is 1. The monoisotopic (exact) mass is 397 g/mol. The van der Waals surface area contributed by atoms with E-state index in [4.69, 9.17) is 22.1 Å². The van der Waals surface area contributed by atoms with Gasteiger partial charge in [0.05, 0.1) is 0 Å². The predicted molar refractivity (Wildman–Crippen MR) is 108 cm³/mol. The van der Waals surface area contributed by atoms with Crippen LogP contribution in [-0.2, 0) is 0 Å². The van der Waals surface area contributed by atoms with Crippen molar-refractivity contribution in [2.75, 3.05) is 0 Å². The van der Waals surface area contributed by atoms with E-state index in [1.54, 1.807) is 6.20 Å². The lowest BCUT2D eigenvalue weighted by atomic mass is 10.1. The molecule has 0 bridgehead atoms. The Morgan fingerprint density at radius 3 is 2.89 bits per heavy atom. The summed E-state index contributed by atoms with van der Waals surface area (Å²) >= 11 is 7.56. The van der Waals surface area contributed by atoms with Gasteiger partial charge in [0.15, 0.2) is 0 Å². The summed E-state index contributed by atoms with van der Waals surface area (Å²) in [6.07, 6.45) is 3.27. The Balaban J connectivity index is 1.73. The lowest BCUT2D eigenvalue weighted by Crippen LogP contribution is -2.12. The van der Waals surface area contributed by atoms with Gasteiger partial charge in [0.2, 0.25) is 0 Å². The number of primary amides is 1. The summed E-state index contributed by atoms with van der Waals surface area (Å²) in [7, 11) is 0. The van der Waals surface area contributed by atoms with Crippen LogP contribution in [0.2, 0.25) is 5.02 Å². The third-order valence-corrected chi connectivity index (χ3v) is 5.79. The number of nitrogens with zero attached hydrogens (tertiary/aromatic N) is 1. The zero-order chi connectivity index (χ0) is 19.0. The topological polar surface area (TPSA) is 81.0 Å². The van der Waals surface area contributed by atoms with Crippen LogP contribution < -0.4 is 10.5 Å². The number of nitrogens with one attached hydrogen (secondary N) is 1. The van der Waals surface area contributed by atoms with E-state index in [-0.39, 0.29) is 6.10 Å². The largest absolute Gasteiger partial charge is 0.484 e. The Hall–Kier alpha value is -2.83. The highest BCUT2D eigenvalue weighted by molar-refractivity contribution is 7.17. The van der Waals surface area contributed by atoms with Crippen LogP contribution >= 0.6 is 22.9 Å². The number of ether oxygens (including phenoxy) is 1. The molecule has 3 heterocycles. The third-order valence-electron chi connectivity index (χ3n) is 4.29. The number of thiophene rings is 1. The van der Waals surface area contributed by atoms with Gasteiger partial charge in [-0.3, -0.25) is 4.79 Å². The second-order valence-electron chi connectivity index (χ2n) is 6.05. The lowest BCUT2D eigenvalue weighted by Gasteiger charge is -2.16. The molecule has 0 saturated heterocycles. The molecule has 136 valence electrons. The van der Waals surface area contributed by atoms with Crippen LogP contribution in [-0.4, -0.2) is 15.9 Å². The van der Waals surface area contributed by atoms with E-state index < -0.39 is 5.91 Å². The van der Waals surface area contributed by atoms with Crippen LogP contribution in [0.4, 0.5) is 0 Å². The van der Waals surface area contributed by atoms with Gasteiger partial charge in [-0.05, 0) is 31.2 Å². The van der Waals surface area contributed by atoms with Gasteiger partial charge in [-0.15, -0.1) is 11.3 Å². The van der Waals surface area contributed by atoms with Crippen molar-refractivity contribution in [3.05, 3.63) is 70.3 Å². The molecule has 1 amide bonds. The Labute approximate surface area is 164 Å². The normalized spacial score (nSPS) is 12.2. The van der Waals surface area contributed by atoms with Crippen molar-refractivity contribution >= 4 is 39.9 Å². The second-order valence-corrected chi connectivity index (χ2v) is 7.51. The van der Waals surface area contributed by atoms with E-state index in [1.165, 1.54) is 11.3 Å². The van der Waals surface area contributed by atoms with Crippen LogP contribution in [0.3, 0.4) is 0 Å². The molecule has 0 radical (unpaired) electrons. The number of aromatic amines is 1. The smallest absolute Gasteiger partial charge is 0.262 e. The molecule has 7 heteroatoms. The summed E-state index contributed by atoms with van der Waals surface area (Å²) in [5.74, 6) is -0.0706. The van der Waals surface area contributed by atoms with Crippen molar-refractivity contribution in [2.24, 2.45) is 5.73 Å². The summed E-state index contributed by atoms with van der Waals surface area (Å²) in [6.45, 7) is 1.89. The molecule has 0 fully saturated rings. The van der Waals surface area contributed by atoms with Gasteiger partial charge < -0.3 is 15.5 Å². The van der Waals surface area contributed by atoms with E-state index in [1.807, 2.05) is 55.6 Å². The number of carbonyl (C=O) groups is 1. The molecule has 0 aliphatic heterocycles. The molecule has 3 N–H and O–H groups in total. The second kappa shape index (κ2) is 7.06. The molecule has 0 saturated carbocycles. The number of hydrogen-bond donors (Lipinski definition) is 2. The van der Waals surface area contributed by atoms with Crippen molar-refractivity contribution < 1.29 is 9.53 Å². The predicted octanol–water partition coefficient (Wildman–Crippen LogP) is 5.18. The minimum Gasteiger partial charge on any atom is -0.484 e. The minimum absolute atomic E-state index is 0.330. The first kappa shape index (κ1) is 17.6. The Morgan fingerprint density at radius 1 is 1.30 bits per heavy atom. The van der Waals surface area contributed by atoms with Crippen LogP contribution in [0.5, 0.6) is 5.75 Å². The molecule has 4 rings (SSSR count). The number of halogens is 1. The van der Waals surface area contributed by atoms with Gasteiger partial charge >= 0.3 is 0 Å². The minimum atomic E-state index is -0.523. The first-order valence-electron chi connectivity index (χ1n) is 8.32. The van der Waals surface area contributed by atoms with Crippen molar-refractivity contribution in [3.63, 3.8) is 0 Å². The number of carbonyl (C=O) groups excluding carboxylic acids is 1. The molecule has 3 aromatic heterocycles. The number of amides is 1. The molecular formula is C20H16ClN3O2S. The molecule has 1 aromatic carbocycles. The van der Waals surface area contributed by atoms with E-state index in [2.05, 4.69) is 9.97 Å². The third kappa shape index (κ3) is 3.29. The summed E-state index contributed by atoms with van der Waals surface area (Å²) in [5, 5.41) is 1.59. The molecule has 4 aromatic rings. The van der Waals surface area contributed by atoms with E-state index in [9.17, 15) is 4.79 Å². The van der Waals surface area contributed by atoms with Crippen LogP contribution in [0.1, 0.15) is 28.3 Å². The summed E-state index contributed by atoms with van der Waals surface area (Å²) in [5.41, 5.74) is 8.16. The zero-order valence-electron chi connectivity index (χ0n) is 14.4. The van der Waals surface area contributed by atoms with Crippen molar-refractivity contribution in [1.82, 2.24) is 9.97 Å². The SMILES string of the molecule is CC(Oc1cc(-c2c[nH]c3ncccc23)sc1C(N)=O)c1ccccc1Cl. The van der Waals surface area contributed by atoms with Gasteiger partial charge in [-0.1, -0.05) is 29.8 Å². The number of aromatic nitrogens is 2. The molecule has 0 aliphatic carbocycles. The highest BCUT2D eigenvalue weighted by Gasteiger charge is 2.21. The highest BCUT2D eigenvalue weighted by Crippen LogP contribution is 2.40. The molecular weight excluding hydrogens is 382 g/mol. The van der Waals surface area contributed by atoms with Gasteiger partial charge in [0.25, 0.3) is 5.91 Å².